The SMILES string of the molecule is C=CCN(CCCCC)C(=O)C1N([C@H](CO)c2ccccc2)C(=O)[C@@H]2[C@@H](C(=O)N(CC=C)CCC)[C@H]3CC(C)C12S3. The molecule has 2 bridgehead atoms. The first kappa shape index (κ1) is 31.4. The highest BCUT2D eigenvalue weighted by atomic mass is 32.2. The molecule has 41 heavy (non-hydrogen) atoms. The summed E-state index contributed by atoms with van der Waals surface area (Å²) in [5.41, 5.74) is 0.785. The summed E-state index contributed by atoms with van der Waals surface area (Å²) in [5, 5.41) is 10.7. The van der Waals surface area contributed by atoms with Crippen molar-refractivity contribution in [2.75, 3.05) is 32.8 Å². The second kappa shape index (κ2) is 13.6. The normalized spacial score (nSPS) is 28.8. The molecule has 3 unspecified atom stereocenters. The van der Waals surface area contributed by atoms with Crippen LogP contribution in [0, 0.1) is 17.8 Å². The molecule has 3 fully saturated rings. The Morgan fingerprint density at radius 2 is 1.73 bits per heavy atom. The van der Waals surface area contributed by atoms with Gasteiger partial charge in [0.1, 0.15) is 6.04 Å². The van der Waals surface area contributed by atoms with Crippen molar-refractivity contribution in [1.29, 1.82) is 0 Å². The molecule has 224 valence electrons. The quantitative estimate of drug-likeness (QED) is 0.240. The van der Waals surface area contributed by atoms with Gasteiger partial charge in [-0.1, -0.05) is 76.1 Å². The first-order chi connectivity index (χ1) is 19.8. The average molecular weight is 582 g/mol. The van der Waals surface area contributed by atoms with Crippen molar-refractivity contribution in [2.24, 2.45) is 17.8 Å². The lowest BCUT2D eigenvalue weighted by Crippen LogP contribution is -2.58. The number of amides is 3. The van der Waals surface area contributed by atoms with Crippen molar-refractivity contribution in [2.45, 2.75) is 75.0 Å². The number of aliphatic hydroxyl groups is 1. The number of hydrogen-bond acceptors (Lipinski definition) is 5. The van der Waals surface area contributed by atoms with Gasteiger partial charge in [0.2, 0.25) is 17.7 Å². The molecule has 1 aromatic rings. The zero-order valence-corrected chi connectivity index (χ0v) is 25.7. The molecule has 3 heterocycles. The lowest BCUT2D eigenvalue weighted by Gasteiger charge is -2.42. The molecule has 1 aromatic carbocycles. The zero-order chi connectivity index (χ0) is 29.7. The van der Waals surface area contributed by atoms with E-state index in [1.807, 2.05) is 47.1 Å². The van der Waals surface area contributed by atoms with Gasteiger partial charge in [-0.05, 0) is 30.7 Å². The first-order valence-electron chi connectivity index (χ1n) is 15.3. The Kier molecular flexibility index (Phi) is 10.4. The number of aliphatic hydroxyl groups excluding tert-OH is 1. The molecule has 1 N–H and O–H groups in total. The van der Waals surface area contributed by atoms with E-state index in [4.69, 9.17) is 0 Å². The van der Waals surface area contributed by atoms with Crippen LogP contribution in [0.1, 0.15) is 64.5 Å². The predicted octanol–water partition coefficient (Wildman–Crippen LogP) is 4.69. The third-order valence-electron chi connectivity index (χ3n) is 9.24. The molecule has 3 saturated heterocycles. The molecule has 0 saturated carbocycles. The van der Waals surface area contributed by atoms with E-state index in [0.29, 0.717) is 26.2 Å². The van der Waals surface area contributed by atoms with E-state index in [9.17, 15) is 19.5 Å². The molecule has 8 heteroatoms. The number of likely N-dealkylation sites (tertiary alicyclic amines) is 1. The lowest BCUT2D eigenvalue weighted by molar-refractivity contribution is -0.147. The second-order valence-electron chi connectivity index (χ2n) is 11.8. The maximum Gasteiger partial charge on any atom is 0.247 e. The van der Waals surface area contributed by atoms with Crippen molar-refractivity contribution in [3.05, 3.63) is 61.2 Å². The summed E-state index contributed by atoms with van der Waals surface area (Å²) in [5.74, 6) is -1.37. The molecule has 3 amide bonds. The van der Waals surface area contributed by atoms with Crippen LogP contribution in [0.4, 0.5) is 0 Å². The summed E-state index contributed by atoms with van der Waals surface area (Å²) >= 11 is 1.69. The van der Waals surface area contributed by atoms with Crippen molar-refractivity contribution in [3.63, 3.8) is 0 Å². The second-order valence-corrected chi connectivity index (χ2v) is 13.3. The number of carbonyl (C=O) groups is 3. The summed E-state index contributed by atoms with van der Waals surface area (Å²) in [4.78, 5) is 48.9. The summed E-state index contributed by atoms with van der Waals surface area (Å²) in [6, 6.07) is 8.01. The third kappa shape index (κ3) is 5.50. The Balaban J connectivity index is 1.83. The van der Waals surface area contributed by atoms with E-state index in [1.54, 1.807) is 28.8 Å². The zero-order valence-electron chi connectivity index (χ0n) is 24.9. The molecule has 4 rings (SSSR count). The van der Waals surface area contributed by atoms with Crippen LogP contribution in [0.5, 0.6) is 0 Å². The van der Waals surface area contributed by atoms with E-state index in [0.717, 1.165) is 37.7 Å². The highest BCUT2D eigenvalue weighted by Gasteiger charge is 2.77. The van der Waals surface area contributed by atoms with Gasteiger partial charge in [0.05, 0.1) is 29.2 Å². The number of fused-ring (bicyclic) bond motifs is 1. The smallest absolute Gasteiger partial charge is 0.247 e. The Morgan fingerprint density at radius 1 is 1.07 bits per heavy atom. The Hall–Kier alpha value is -2.58. The fourth-order valence-electron chi connectivity index (χ4n) is 7.49. The van der Waals surface area contributed by atoms with Crippen LogP contribution in [0.2, 0.25) is 0 Å². The molecule has 1 spiro atoms. The Morgan fingerprint density at radius 3 is 2.32 bits per heavy atom. The molecule has 0 aliphatic carbocycles. The van der Waals surface area contributed by atoms with E-state index < -0.39 is 28.7 Å². The summed E-state index contributed by atoms with van der Waals surface area (Å²) < 4.78 is -0.738. The summed E-state index contributed by atoms with van der Waals surface area (Å²) in [6.07, 6.45) is 7.99. The molecular formula is C33H47N3O4S. The van der Waals surface area contributed by atoms with Gasteiger partial charge in [0, 0.05) is 31.4 Å². The lowest BCUT2D eigenvalue weighted by atomic mass is 9.65. The highest BCUT2D eigenvalue weighted by molar-refractivity contribution is 8.02. The van der Waals surface area contributed by atoms with Gasteiger partial charge in [-0.25, -0.2) is 0 Å². The minimum Gasteiger partial charge on any atom is -0.394 e. The van der Waals surface area contributed by atoms with Gasteiger partial charge in [0.25, 0.3) is 0 Å². The van der Waals surface area contributed by atoms with Gasteiger partial charge in [-0.15, -0.1) is 24.9 Å². The predicted molar refractivity (Wildman–Crippen MR) is 165 cm³/mol. The average Bonchev–Trinajstić information content (AvgIpc) is 3.57. The largest absolute Gasteiger partial charge is 0.394 e. The van der Waals surface area contributed by atoms with Crippen LogP contribution in [0.15, 0.2) is 55.6 Å². The first-order valence-corrected chi connectivity index (χ1v) is 16.1. The summed E-state index contributed by atoms with van der Waals surface area (Å²) in [6.45, 7) is 15.8. The van der Waals surface area contributed by atoms with Crippen molar-refractivity contribution in [3.8, 4) is 0 Å². The number of rotatable bonds is 15. The maximum atomic E-state index is 14.7. The van der Waals surface area contributed by atoms with Crippen LogP contribution in [0.25, 0.3) is 0 Å². The monoisotopic (exact) mass is 581 g/mol. The number of benzene rings is 1. The fraction of sp³-hybridized carbons (Fsp3) is 0.606. The van der Waals surface area contributed by atoms with Crippen LogP contribution in [-0.4, -0.2) is 86.4 Å². The molecule has 0 aromatic heterocycles. The standard InChI is InChI=1S/C33H47N3O4S/c1-6-10-14-20-35(19-9-4)32(40)29-33-23(5)21-26(41-33)27(30(38)34(17-7-2)18-8-3)28(33)31(39)36(29)25(22-37)24-15-12-11-13-16-24/h7,9,11-13,15-16,23,25-29,37H,2,4,6,8,10,14,17-22H2,1,3,5H3/t23?,25-,26-,27+,28+,29?,33?/m1/s1. The summed E-state index contributed by atoms with van der Waals surface area (Å²) in [7, 11) is 0. The van der Waals surface area contributed by atoms with E-state index in [-0.39, 0.29) is 35.5 Å². The van der Waals surface area contributed by atoms with Gasteiger partial charge in [-0.3, -0.25) is 14.4 Å². The van der Waals surface area contributed by atoms with Crippen molar-refractivity contribution in [1.82, 2.24) is 14.7 Å². The number of nitrogens with zero attached hydrogens (tertiary/aromatic N) is 3. The molecule has 7 nitrogen and oxygen atoms in total. The number of thioether (sulfide) groups is 1. The van der Waals surface area contributed by atoms with E-state index in [1.165, 1.54) is 0 Å². The number of carbonyl (C=O) groups excluding carboxylic acids is 3. The van der Waals surface area contributed by atoms with Crippen LogP contribution in [-0.2, 0) is 14.4 Å². The van der Waals surface area contributed by atoms with E-state index >= 15 is 0 Å². The van der Waals surface area contributed by atoms with Crippen LogP contribution in [0.3, 0.4) is 0 Å². The number of hydrogen-bond donors (Lipinski definition) is 1. The molecule has 7 atom stereocenters. The Labute approximate surface area is 250 Å². The Bertz CT molecular complexity index is 1110. The molecule has 0 radical (unpaired) electrons. The van der Waals surface area contributed by atoms with E-state index in [2.05, 4.69) is 27.0 Å². The third-order valence-corrected chi connectivity index (χ3v) is 11.3. The molecule has 3 aliphatic rings. The topological polar surface area (TPSA) is 81.2 Å². The molecule has 3 aliphatic heterocycles. The van der Waals surface area contributed by atoms with Gasteiger partial charge in [-0.2, -0.15) is 0 Å². The number of unbranched alkanes of at least 4 members (excludes halogenated alkanes) is 2. The van der Waals surface area contributed by atoms with Crippen LogP contribution < -0.4 is 0 Å². The van der Waals surface area contributed by atoms with Gasteiger partial charge in [0.15, 0.2) is 0 Å². The van der Waals surface area contributed by atoms with Gasteiger partial charge >= 0.3 is 0 Å². The van der Waals surface area contributed by atoms with Crippen molar-refractivity contribution >= 4 is 29.5 Å². The van der Waals surface area contributed by atoms with Gasteiger partial charge < -0.3 is 19.8 Å². The van der Waals surface area contributed by atoms with Crippen LogP contribution >= 0.6 is 11.8 Å². The minimum atomic E-state index is -0.777. The molecular weight excluding hydrogens is 534 g/mol. The maximum absolute atomic E-state index is 14.7. The highest BCUT2D eigenvalue weighted by Crippen LogP contribution is 2.69. The minimum absolute atomic E-state index is 0.0180. The van der Waals surface area contributed by atoms with Crippen molar-refractivity contribution < 1.29 is 19.5 Å². The fourth-order valence-corrected chi connectivity index (χ4v) is 9.88.